The highest BCUT2D eigenvalue weighted by atomic mass is 16.7. The van der Waals surface area contributed by atoms with Crippen LogP contribution in [0.25, 0.3) is 0 Å². The zero-order chi connectivity index (χ0) is 18.4. The molecule has 0 aliphatic carbocycles. The number of carbonyl (C=O) groups excluding carboxylic acids is 3. The van der Waals surface area contributed by atoms with Crippen molar-refractivity contribution in [1.29, 1.82) is 0 Å². The van der Waals surface area contributed by atoms with Gasteiger partial charge in [0, 0.05) is 25.3 Å². The fraction of sp³-hybridized carbons (Fsp3) is 0.438. The van der Waals surface area contributed by atoms with Crippen molar-refractivity contribution in [2.75, 3.05) is 7.11 Å². The molecule has 1 saturated heterocycles. The molecule has 3 unspecified atom stereocenters. The molecule has 0 N–H and O–H groups in total. The number of aldehydes is 1. The van der Waals surface area contributed by atoms with Gasteiger partial charge in [0.1, 0.15) is 12.4 Å². The van der Waals surface area contributed by atoms with E-state index in [-0.39, 0.29) is 29.8 Å². The number of nitroso groups, excluding NO2 is 1. The van der Waals surface area contributed by atoms with Gasteiger partial charge >= 0.3 is 11.9 Å². The maximum Gasteiger partial charge on any atom is 0.335 e. The number of esters is 2. The van der Waals surface area contributed by atoms with Gasteiger partial charge in [-0.15, -0.1) is 4.91 Å². The second-order valence-electron chi connectivity index (χ2n) is 5.33. The first-order valence-corrected chi connectivity index (χ1v) is 7.46. The second kappa shape index (κ2) is 8.34. The highest BCUT2D eigenvalue weighted by Gasteiger charge is 2.37. The van der Waals surface area contributed by atoms with E-state index in [2.05, 4.69) is 9.91 Å². The van der Waals surface area contributed by atoms with Crippen LogP contribution in [0.15, 0.2) is 23.4 Å². The van der Waals surface area contributed by atoms with Crippen LogP contribution in [-0.2, 0) is 23.8 Å². The van der Waals surface area contributed by atoms with E-state index in [4.69, 9.17) is 14.2 Å². The summed E-state index contributed by atoms with van der Waals surface area (Å²) in [6.07, 6.45) is -1.70. The topological polar surface area (TPSA) is 118 Å². The van der Waals surface area contributed by atoms with Gasteiger partial charge in [-0.3, -0.25) is 9.59 Å². The van der Waals surface area contributed by atoms with Crippen molar-refractivity contribution >= 4 is 23.9 Å². The summed E-state index contributed by atoms with van der Waals surface area (Å²) in [5.41, 5.74) is 0.175. The third-order valence-corrected chi connectivity index (χ3v) is 3.52. The van der Waals surface area contributed by atoms with Crippen molar-refractivity contribution in [2.45, 2.75) is 38.3 Å². The average Bonchev–Trinajstić information content (AvgIpc) is 2.60. The SMILES string of the molecule is COC(=O)C1CC(OC(C)=O)CC(Oc2ccc(C=O)cc2N=O)O1. The van der Waals surface area contributed by atoms with Crippen LogP contribution in [0, 0.1) is 4.91 Å². The standard InChI is InChI=1S/C16H17NO8/c1-9(19)23-11-6-14(16(20)22-2)25-15(7-11)24-13-4-3-10(8-18)5-12(13)17-21/h3-5,8,11,14-15H,6-7H2,1-2H3. The molecule has 2 rings (SSSR count). The molecule has 25 heavy (non-hydrogen) atoms. The van der Waals surface area contributed by atoms with Crippen molar-refractivity contribution in [1.82, 2.24) is 0 Å². The van der Waals surface area contributed by atoms with Crippen LogP contribution in [0.4, 0.5) is 5.69 Å². The van der Waals surface area contributed by atoms with Gasteiger partial charge < -0.3 is 18.9 Å². The summed E-state index contributed by atoms with van der Waals surface area (Å²) in [5.74, 6) is -1.05. The molecule has 1 aliphatic rings. The van der Waals surface area contributed by atoms with Crippen molar-refractivity contribution in [3.63, 3.8) is 0 Å². The molecule has 9 nitrogen and oxygen atoms in total. The Balaban J connectivity index is 2.18. The van der Waals surface area contributed by atoms with Crippen LogP contribution in [-0.4, -0.2) is 43.8 Å². The quantitative estimate of drug-likeness (QED) is 0.433. The van der Waals surface area contributed by atoms with E-state index in [1.54, 1.807) is 0 Å². The van der Waals surface area contributed by atoms with Crippen LogP contribution in [0.5, 0.6) is 5.75 Å². The normalized spacial score (nSPS) is 22.6. The van der Waals surface area contributed by atoms with Crippen LogP contribution in [0.1, 0.15) is 30.1 Å². The summed E-state index contributed by atoms with van der Waals surface area (Å²) in [7, 11) is 1.21. The first-order chi connectivity index (χ1) is 12.0. The van der Waals surface area contributed by atoms with Crippen LogP contribution in [0.3, 0.4) is 0 Å². The summed E-state index contributed by atoms with van der Waals surface area (Å²) in [6, 6.07) is 4.10. The molecular formula is C16H17NO8. The first kappa shape index (κ1) is 18.5. The Bertz CT molecular complexity index is 674. The molecule has 1 aromatic carbocycles. The Labute approximate surface area is 143 Å². The van der Waals surface area contributed by atoms with Crippen molar-refractivity contribution < 1.29 is 33.3 Å². The molecule has 0 aromatic heterocycles. The molecule has 1 fully saturated rings. The number of hydrogen-bond donors (Lipinski definition) is 0. The summed E-state index contributed by atoms with van der Waals surface area (Å²) < 4.78 is 20.9. The molecule has 0 spiro atoms. The molecule has 0 saturated carbocycles. The molecule has 1 aliphatic heterocycles. The number of nitrogens with zero attached hydrogens (tertiary/aromatic N) is 1. The van der Waals surface area contributed by atoms with Crippen molar-refractivity contribution in [2.24, 2.45) is 5.18 Å². The number of carbonyl (C=O) groups is 3. The van der Waals surface area contributed by atoms with E-state index in [1.807, 2.05) is 0 Å². The van der Waals surface area contributed by atoms with Gasteiger partial charge in [-0.2, -0.15) is 0 Å². The lowest BCUT2D eigenvalue weighted by molar-refractivity contribution is -0.204. The summed E-state index contributed by atoms with van der Waals surface area (Å²) in [5, 5.41) is 2.82. The largest absolute Gasteiger partial charge is 0.467 e. The van der Waals surface area contributed by atoms with E-state index in [9.17, 15) is 19.3 Å². The van der Waals surface area contributed by atoms with Crippen molar-refractivity contribution in [3.8, 4) is 5.75 Å². The van der Waals surface area contributed by atoms with E-state index < -0.39 is 30.4 Å². The number of rotatable bonds is 6. The third-order valence-electron chi connectivity index (χ3n) is 3.52. The molecule has 0 amide bonds. The number of hydrogen-bond acceptors (Lipinski definition) is 9. The van der Waals surface area contributed by atoms with Crippen molar-refractivity contribution in [3.05, 3.63) is 28.7 Å². The van der Waals surface area contributed by atoms with E-state index in [0.29, 0.717) is 6.29 Å². The van der Waals surface area contributed by atoms with Crippen LogP contribution >= 0.6 is 0 Å². The van der Waals surface area contributed by atoms with Gasteiger partial charge in [-0.25, -0.2) is 4.79 Å². The predicted octanol–water partition coefficient (Wildman–Crippen LogP) is 1.89. The minimum Gasteiger partial charge on any atom is -0.467 e. The molecular weight excluding hydrogens is 334 g/mol. The lowest BCUT2D eigenvalue weighted by atomic mass is 10.0. The predicted molar refractivity (Wildman–Crippen MR) is 83.4 cm³/mol. The molecule has 3 atom stereocenters. The number of benzene rings is 1. The second-order valence-corrected chi connectivity index (χ2v) is 5.33. The summed E-state index contributed by atoms with van der Waals surface area (Å²) in [4.78, 5) is 44.6. The van der Waals surface area contributed by atoms with Crippen LogP contribution in [0.2, 0.25) is 0 Å². The lowest BCUT2D eigenvalue weighted by Gasteiger charge is -2.33. The molecule has 1 aromatic rings. The highest BCUT2D eigenvalue weighted by Crippen LogP contribution is 2.32. The summed E-state index contributed by atoms with van der Waals surface area (Å²) in [6.45, 7) is 1.26. The average molecular weight is 351 g/mol. The Kier molecular flexibility index (Phi) is 6.18. The first-order valence-electron chi connectivity index (χ1n) is 7.46. The van der Waals surface area contributed by atoms with Gasteiger partial charge in [0.25, 0.3) is 0 Å². The number of methoxy groups -OCH3 is 1. The minimum absolute atomic E-state index is 0.0812. The molecule has 0 bridgehead atoms. The van der Waals surface area contributed by atoms with Gasteiger partial charge in [-0.05, 0) is 23.4 Å². The van der Waals surface area contributed by atoms with Gasteiger partial charge in [-0.1, -0.05) is 0 Å². The molecule has 1 heterocycles. The molecule has 134 valence electrons. The van der Waals surface area contributed by atoms with Gasteiger partial charge in [0.15, 0.2) is 17.5 Å². The maximum atomic E-state index is 11.8. The monoisotopic (exact) mass is 351 g/mol. The fourth-order valence-corrected chi connectivity index (χ4v) is 2.45. The molecule has 0 radical (unpaired) electrons. The minimum atomic E-state index is -0.977. The van der Waals surface area contributed by atoms with E-state index in [1.165, 1.54) is 32.2 Å². The highest BCUT2D eigenvalue weighted by molar-refractivity contribution is 5.78. The third kappa shape index (κ3) is 4.83. The number of ether oxygens (including phenoxy) is 4. The Morgan fingerprint density at radius 2 is 2.08 bits per heavy atom. The zero-order valence-corrected chi connectivity index (χ0v) is 13.7. The Morgan fingerprint density at radius 1 is 1.32 bits per heavy atom. The summed E-state index contributed by atoms with van der Waals surface area (Å²) >= 11 is 0. The molecule has 9 heteroatoms. The van der Waals surface area contributed by atoms with Gasteiger partial charge in [0.05, 0.1) is 7.11 Å². The van der Waals surface area contributed by atoms with E-state index in [0.717, 1.165) is 0 Å². The maximum absolute atomic E-state index is 11.8. The smallest absolute Gasteiger partial charge is 0.335 e. The van der Waals surface area contributed by atoms with E-state index >= 15 is 0 Å². The fourth-order valence-electron chi connectivity index (χ4n) is 2.45. The zero-order valence-electron chi connectivity index (χ0n) is 13.7. The Morgan fingerprint density at radius 3 is 2.68 bits per heavy atom. The van der Waals surface area contributed by atoms with Gasteiger partial charge in [0.2, 0.25) is 6.29 Å². The Hall–Kier alpha value is -2.81. The lowest BCUT2D eigenvalue weighted by Crippen LogP contribution is -2.44. The van der Waals surface area contributed by atoms with Crippen LogP contribution < -0.4 is 4.74 Å².